The molecule has 0 aliphatic heterocycles. The number of carbonyl (C=O) groups is 1. The third kappa shape index (κ3) is 1.82. The summed E-state index contributed by atoms with van der Waals surface area (Å²) in [4.78, 5) is 14.0. The van der Waals surface area contributed by atoms with E-state index in [0.717, 1.165) is 12.8 Å². The molecule has 2 aliphatic carbocycles. The molecule has 1 N–H and O–H groups in total. The van der Waals surface area contributed by atoms with Crippen LogP contribution in [-0.4, -0.2) is 15.7 Å². The molecular weight excluding hydrogens is 332 g/mol. The number of halogens is 2. The number of rotatable bonds is 3. The summed E-state index contributed by atoms with van der Waals surface area (Å²) in [7, 11) is 1.55. The molecule has 2 atom stereocenters. The van der Waals surface area contributed by atoms with Gasteiger partial charge in [-0.2, -0.15) is 5.10 Å². The zero-order chi connectivity index (χ0) is 17.3. The van der Waals surface area contributed by atoms with Crippen LogP contribution in [0.3, 0.4) is 0 Å². The lowest BCUT2D eigenvalue weighted by Gasteiger charge is -2.39. The maximum atomic E-state index is 13.2. The molecule has 4 rings (SSSR count). The molecule has 4 nitrogen and oxygen atoms in total. The summed E-state index contributed by atoms with van der Waals surface area (Å²) in [5.74, 6) is -0.0594. The van der Waals surface area contributed by atoms with Gasteiger partial charge in [-0.1, -0.05) is 13.8 Å². The minimum Gasteiger partial charge on any atom is -0.341 e. The Labute approximate surface area is 142 Å². The third-order valence-electron chi connectivity index (χ3n) is 5.87. The van der Waals surface area contributed by atoms with Crippen LogP contribution in [0.1, 0.15) is 65.5 Å². The highest BCUT2D eigenvalue weighted by Gasteiger charge is 2.63. The minimum absolute atomic E-state index is 0.0360. The van der Waals surface area contributed by atoms with E-state index in [-0.39, 0.29) is 11.0 Å². The molecule has 2 aromatic heterocycles. The van der Waals surface area contributed by atoms with Gasteiger partial charge in [0.2, 0.25) is 0 Å². The highest BCUT2D eigenvalue weighted by molar-refractivity contribution is 7.10. The molecule has 1 fully saturated rings. The van der Waals surface area contributed by atoms with Crippen molar-refractivity contribution in [2.45, 2.75) is 44.6 Å². The van der Waals surface area contributed by atoms with E-state index in [1.165, 1.54) is 21.3 Å². The Hall–Kier alpha value is -1.76. The predicted molar refractivity (Wildman–Crippen MR) is 87.4 cm³/mol. The standard InChI is InChI=1S/C17H19F2N3OS/c1-16(2)11-4-6-17(16,13-9(11)5-7-24-13)20-15(23)10-8-22(3)21-12(10)14(18)19/h5,7-8,11,14H,4,6H2,1-3H3,(H,20,23). The number of carbonyl (C=O) groups excluding carboxylic acids is 1. The molecule has 128 valence electrons. The average molecular weight is 351 g/mol. The number of nitrogens with one attached hydrogen (secondary N) is 1. The highest BCUT2D eigenvalue weighted by Crippen LogP contribution is 2.67. The van der Waals surface area contributed by atoms with Crippen LogP contribution < -0.4 is 5.32 Å². The van der Waals surface area contributed by atoms with Crippen molar-refractivity contribution < 1.29 is 13.6 Å². The first kappa shape index (κ1) is 15.7. The zero-order valence-electron chi connectivity index (χ0n) is 13.8. The smallest absolute Gasteiger partial charge is 0.282 e. The van der Waals surface area contributed by atoms with Crippen molar-refractivity contribution >= 4 is 17.2 Å². The SMILES string of the molecule is Cn1cc(C(=O)NC23CCC(c4ccsc42)C3(C)C)c(C(F)F)n1. The van der Waals surface area contributed by atoms with Gasteiger partial charge in [-0.15, -0.1) is 11.3 Å². The molecule has 7 heteroatoms. The van der Waals surface area contributed by atoms with Crippen molar-refractivity contribution in [3.8, 4) is 0 Å². The van der Waals surface area contributed by atoms with E-state index in [9.17, 15) is 13.6 Å². The number of thiophene rings is 1. The van der Waals surface area contributed by atoms with E-state index in [1.807, 2.05) is 5.38 Å². The van der Waals surface area contributed by atoms with Crippen molar-refractivity contribution in [2.75, 3.05) is 0 Å². The summed E-state index contributed by atoms with van der Waals surface area (Å²) < 4.78 is 27.6. The van der Waals surface area contributed by atoms with E-state index in [0.29, 0.717) is 5.92 Å². The van der Waals surface area contributed by atoms with Crippen molar-refractivity contribution in [1.29, 1.82) is 0 Å². The molecule has 2 heterocycles. The van der Waals surface area contributed by atoms with Crippen molar-refractivity contribution in [3.63, 3.8) is 0 Å². The van der Waals surface area contributed by atoms with E-state index < -0.39 is 23.6 Å². The normalized spacial score (nSPS) is 26.8. The van der Waals surface area contributed by atoms with Crippen LogP contribution >= 0.6 is 11.3 Å². The summed E-state index contributed by atoms with van der Waals surface area (Å²) in [5.41, 5.74) is 0.206. The molecule has 1 amide bonds. The van der Waals surface area contributed by atoms with Crippen molar-refractivity contribution in [2.24, 2.45) is 12.5 Å². The number of aryl methyl sites for hydroxylation is 1. The Morgan fingerprint density at radius 1 is 1.50 bits per heavy atom. The summed E-state index contributed by atoms with van der Waals surface area (Å²) in [6, 6.07) is 2.13. The average Bonchev–Trinajstić information content (AvgIpc) is 3.20. The number of alkyl halides is 2. The molecule has 0 spiro atoms. The van der Waals surface area contributed by atoms with Crippen LogP contribution in [0.4, 0.5) is 8.78 Å². The second kappa shape index (κ2) is 4.88. The number of fused-ring (bicyclic) bond motifs is 5. The number of aromatic nitrogens is 2. The van der Waals surface area contributed by atoms with E-state index in [2.05, 4.69) is 30.3 Å². The topological polar surface area (TPSA) is 46.9 Å². The first-order chi connectivity index (χ1) is 11.3. The molecule has 2 aliphatic rings. The van der Waals surface area contributed by atoms with Gasteiger partial charge >= 0.3 is 0 Å². The fourth-order valence-corrected chi connectivity index (χ4v) is 5.93. The number of hydrogen-bond acceptors (Lipinski definition) is 3. The summed E-state index contributed by atoms with van der Waals surface area (Å²) in [5, 5.41) is 8.92. The van der Waals surface area contributed by atoms with Crippen LogP contribution in [0.5, 0.6) is 0 Å². The fraction of sp³-hybridized carbons (Fsp3) is 0.529. The summed E-state index contributed by atoms with van der Waals surface area (Å²) in [6.45, 7) is 4.32. The van der Waals surface area contributed by atoms with Crippen LogP contribution in [0, 0.1) is 5.41 Å². The van der Waals surface area contributed by atoms with Crippen LogP contribution in [0.2, 0.25) is 0 Å². The van der Waals surface area contributed by atoms with Gasteiger partial charge < -0.3 is 5.32 Å². The van der Waals surface area contributed by atoms with Gasteiger partial charge in [0, 0.05) is 18.1 Å². The highest BCUT2D eigenvalue weighted by atomic mass is 32.1. The van der Waals surface area contributed by atoms with Gasteiger partial charge in [0.05, 0.1) is 11.1 Å². The largest absolute Gasteiger partial charge is 0.341 e. The van der Waals surface area contributed by atoms with Crippen molar-refractivity contribution in [1.82, 2.24) is 15.1 Å². The lowest BCUT2D eigenvalue weighted by atomic mass is 9.75. The molecule has 1 saturated carbocycles. The Balaban J connectivity index is 1.74. The zero-order valence-corrected chi connectivity index (χ0v) is 14.6. The number of hydrogen-bond donors (Lipinski definition) is 1. The Morgan fingerprint density at radius 2 is 2.25 bits per heavy atom. The maximum absolute atomic E-state index is 13.2. The van der Waals surface area contributed by atoms with Gasteiger partial charge in [0.1, 0.15) is 5.69 Å². The van der Waals surface area contributed by atoms with Crippen molar-refractivity contribution in [3.05, 3.63) is 39.3 Å². The van der Waals surface area contributed by atoms with E-state index >= 15 is 0 Å². The Morgan fingerprint density at radius 3 is 2.96 bits per heavy atom. The first-order valence-corrected chi connectivity index (χ1v) is 8.88. The monoisotopic (exact) mass is 351 g/mol. The van der Waals surface area contributed by atoms with E-state index in [1.54, 1.807) is 18.4 Å². The molecule has 2 aromatic rings. The Bertz CT molecular complexity index is 826. The minimum atomic E-state index is -2.77. The van der Waals surface area contributed by atoms with Gasteiger partial charge in [-0.05, 0) is 41.2 Å². The summed E-state index contributed by atoms with van der Waals surface area (Å²) >= 11 is 1.65. The van der Waals surface area contributed by atoms with Crippen LogP contribution in [0.15, 0.2) is 17.6 Å². The molecule has 24 heavy (non-hydrogen) atoms. The predicted octanol–water partition coefficient (Wildman–Crippen LogP) is 3.96. The molecule has 0 radical (unpaired) electrons. The van der Waals surface area contributed by atoms with Gasteiger partial charge in [-0.3, -0.25) is 9.48 Å². The van der Waals surface area contributed by atoms with Crippen LogP contribution in [-0.2, 0) is 12.6 Å². The lowest BCUT2D eigenvalue weighted by Crippen LogP contribution is -2.50. The van der Waals surface area contributed by atoms with Gasteiger partial charge in [0.15, 0.2) is 0 Å². The molecule has 2 unspecified atom stereocenters. The number of amides is 1. The van der Waals surface area contributed by atoms with Gasteiger partial charge in [-0.25, -0.2) is 8.78 Å². The summed E-state index contributed by atoms with van der Waals surface area (Å²) in [6.07, 6.45) is 0.451. The van der Waals surface area contributed by atoms with E-state index in [4.69, 9.17) is 0 Å². The Kier molecular flexibility index (Phi) is 3.20. The molecule has 0 saturated heterocycles. The molecule has 0 aromatic carbocycles. The van der Waals surface area contributed by atoms with Gasteiger partial charge in [0.25, 0.3) is 12.3 Å². The molecular formula is C17H19F2N3OS. The second-order valence-corrected chi connectivity index (χ2v) is 8.20. The quantitative estimate of drug-likeness (QED) is 0.910. The van der Waals surface area contributed by atoms with Crippen LogP contribution in [0.25, 0.3) is 0 Å². The third-order valence-corrected chi connectivity index (χ3v) is 6.97. The lowest BCUT2D eigenvalue weighted by molar-refractivity contribution is 0.0801. The maximum Gasteiger partial charge on any atom is 0.282 e. The second-order valence-electron chi connectivity index (χ2n) is 7.28. The molecule has 2 bridgehead atoms. The fourth-order valence-electron chi connectivity index (χ4n) is 4.62. The first-order valence-electron chi connectivity index (χ1n) is 8.00. The number of nitrogens with zero attached hydrogens (tertiary/aromatic N) is 2.